The zero-order chi connectivity index (χ0) is 27.6. The fourth-order valence-corrected chi connectivity index (χ4v) is 5.48. The Morgan fingerprint density at radius 1 is 1.07 bits per heavy atom. The summed E-state index contributed by atoms with van der Waals surface area (Å²) in [5.74, 6) is 1.55. The highest BCUT2D eigenvalue weighted by molar-refractivity contribution is 5.88. The molecular weight excluding hydrogens is 506 g/mol. The van der Waals surface area contributed by atoms with E-state index in [4.69, 9.17) is 10.5 Å². The van der Waals surface area contributed by atoms with E-state index in [0.717, 1.165) is 12.3 Å². The number of amides is 1. The van der Waals surface area contributed by atoms with E-state index >= 15 is 0 Å². The zero-order valence-electron chi connectivity index (χ0n) is 22.5. The van der Waals surface area contributed by atoms with Crippen LogP contribution in [0.3, 0.4) is 0 Å². The maximum Gasteiger partial charge on any atom is 0.335 e. The van der Waals surface area contributed by atoms with Gasteiger partial charge in [-0.05, 0) is 62.7 Å². The molecule has 1 aliphatic heterocycles. The molecule has 2 aromatic heterocycles. The maximum absolute atomic E-state index is 13.9. The third-order valence-electron chi connectivity index (χ3n) is 7.95. The summed E-state index contributed by atoms with van der Waals surface area (Å²) in [6.07, 6.45) is 9.35. The van der Waals surface area contributed by atoms with Crippen LogP contribution in [0.5, 0.6) is 11.5 Å². The molecule has 1 amide bonds. The minimum absolute atomic E-state index is 0.0376. The molecule has 2 aliphatic rings. The summed E-state index contributed by atoms with van der Waals surface area (Å²) in [5.41, 5.74) is 7.54. The first kappa shape index (κ1) is 25.8. The number of likely N-dealkylation sites (N-methyl/N-ethyl adjacent to an activating group) is 1. The molecule has 4 aromatic rings. The number of aromatic nitrogens is 4. The quantitative estimate of drug-likeness (QED) is 0.339. The second-order valence-electron chi connectivity index (χ2n) is 10.5. The number of benzene rings is 2. The van der Waals surface area contributed by atoms with E-state index in [-0.39, 0.29) is 23.5 Å². The number of likely N-dealkylation sites (tertiary alicyclic amines) is 1. The number of fused-ring (bicyclic) bond motifs is 1. The van der Waals surface area contributed by atoms with Crippen LogP contribution in [0.25, 0.3) is 16.9 Å². The number of nitrogen functional groups attached to an aromatic ring is 1. The van der Waals surface area contributed by atoms with Gasteiger partial charge in [-0.25, -0.2) is 14.8 Å². The van der Waals surface area contributed by atoms with Crippen molar-refractivity contribution in [3.63, 3.8) is 0 Å². The Kier molecular flexibility index (Phi) is 7.08. The fourth-order valence-electron chi connectivity index (χ4n) is 5.48. The number of hydrogen-bond donors (Lipinski definition) is 1. The molecule has 2 N–H and O–H groups in total. The van der Waals surface area contributed by atoms with Crippen molar-refractivity contribution in [3.05, 3.63) is 83.6 Å². The Morgan fingerprint density at radius 2 is 1.82 bits per heavy atom. The second-order valence-corrected chi connectivity index (χ2v) is 10.5. The summed E-state index contributed by atoms with van der Waals surface area (Å²) >= 11 is 0. The molecule has 10 heteroatoms. The first-order valence-corrected chi connectivity index (χ1v) is 13.7. The van der Waals surface area contributed by atoms with Gasteiger partial charge in [-0.15, -0.1) is 0 Å². The van der Waals surface area contributed by atoms with Crippen LogP contribution in [0.4, 0.5) is 5.82 Å². The normalized spacial score (nSPS) is 17.6. The van der Waals surface area contributed by atoms with Gasteiger partial charge in [0.25, 0.3) is 0 Å². The molecule has 1 atom stereocenters. The molecule has 10 nitrogen and oxygen atoms in total. The Hall–Kier alpha value is -4.44. The summed E-state index contributed by atoms with van der Waals surface area (Å²) in [5, 5.41) is 0. The van der Waals surface area contributed by atoms with E-state index < -0.39 is 0 Å². The topological polar surface area (TPSA) is 112 Å². The highest BCUT2D eigenvalue weighted by atomic mass is 16.5. The minimum Gasteiger partial charge on any atom is -0.457 e. The number of rotatable bonds is 8. The van der Waals surface area contributed by atoms with Crippen molar-refractivity contribution in [2.75, 3.05) is 32.4 Å². The molecular formula is C30H33N7O3. The standard InChI is InChI=1S/C30H33N7O3/c1-34(21-7-5-8-21)17-6-11-26(38)35-18-16-23(19-35)37-29-27(28(31)32-20-33-29)36(30(37)39)22-12-14-25(15-13-22)40-24-9-3-2-4-10-24/h2-4,6,9-15,20-21,23H,5,7-8,16-19H2,1H3,(H2,31,32,33)/b11-6+/t23-/m1/s1. The van der Waals surface area contributed by atoms with E-state index in [0.29, 0.717) is 48.2 Å². The summed E-state index contributed by atoms with van der Waals surface area (Å²) in [7, 11) is 2.10. The van der Waals surface area contributed by atoms with Gasteiger partial charge >= 0.3 is 5.69 Å². The molecule has 1 saturated carbocycles. The van der Waals surface area contributed by atoms with Gasteiger partial charge in [0.15, 0.2) is 11.5 Å². The van der Waals surface area contributed by atoms with Crippen molar-refractivity contribution in [2.24, 2.45) is 0 Å². The number of carbonyl (C=O) groups excluding carboxylic acids is 1. The molecule has 206 valence electrons. The molecule has 0 spiro atoms. The molecule has 0 bridgehead atoms. The van der Waals surface area contributed by atoms with Crippen molar-refractivity contribution in [1.82, 2.24) is 28.9 Å². The van der Waals surface area contributed by atoms with E-state index in [9.17, 15) is 9.59 Å². The van der Waals surface area contributed by atoms with Crippen LogP contribution < -0.4 is 16.2 Å². The molecule has 1 aliphatic carbocycles. The van der Waals surface area contributed by atoms with Crippen molar-refractivity contribution in [3.8, 4) is 17.2 Å². The van der Waals surface area contributed by atoms with Crippen molar-refractivity contribution < 1.29 is 9.53 Å². The highest BCUT2D eigenvalue weighted by Crippen LogP contribution is 2.29. The fraction of sp³-hybridized carbons (Fsp3) is 0.333. The van der Waals surface area contributed by atoms with Gasteiger partial charge in [0.2, 0.25) is 5.91 Å². The van der Waals surface area contributed by atoms with Gasteiger partial charge in [-0.3, -0.25) is 18.8 Å². The van der Waals surface area contributed by atoms with E-state index in [1.807, 2.05) is 60.7 Å². The summed E-state index contributed by atoms with van der Waals surface area (Å²) < 4.78 is 9.10. The second kappa shape index (κ2) is 11.0. The number of carbonyl (C=O) groups is 1. The van der Waals surface area contributed by atoms with Crippen LogP contribution >= 0.6 is 0 Å². The van der Waals surface area contributed by atoms with Crippen LogP contribution in [0.15, 0.2) is 77.9 Å². The number of anilines is 1. The third kappa shape index (κ3) is 4.98. The largest absolute Gasteiger partial charge is 0.457 e. The SMILES string of the molecule is CN(C/C=C/C(=O)N1CC[C@@H](n2c(=O)n(-c3ccc(Oc4ccccc4)cc3)c3c(N)ncnc32)C1)C1CCC1. The lowest BCUT2D eigenvalue weighted by Crippen LogP contribution is -2.37. The van der Waals surface area contributed by atoms with E-state index in [1.54, 1.807) is 15.5 Å². The van der Waals surface area contributed by atoms with Crippen LogP contribution in [0.2, 0.25) is 0 Å². The van der Waals surface area contributed by atoms with Crippen LogP contribution in [-0.2, 0) is 4.79 Å². The molecule has 40 heavy (non-hydrogen) atoms. The van der Waals surface area contributed by atoms with Gasteiger partial charge in [-0.1, -0.05) is 30.7 Å². The Bertz CT molecular complexity index is 1590. The van der Waals surface area contributed by atoms with Crippen molar-refractivity contribution >= 4 is 22.9 Å². The zero-order valence-corrected chi connectivity index (χ0v) is 22.5. The first-order chi connectivity index (χ1) is 19.5. The Morgan fingerprint density at radius 3 is 2.55 bits per heavy atom. The number of para-hydroxylation sites is 1. The number of nitrogens with two attached hydrogens (primary N) is 1. The van der Waals surface area contributed by atoms with E-state index in [2.05, 4.69) is 21.9 Å². The number of ether oxygens (including phenoxy) is 1. The predicted octanol–water partition coefficient (Wildman–Crippen LogP) is 3.77. The molecule has 3 heterocycles. The summed E-state index contributed by atoms with van der Waals surface area (Å²) in [4.78, 5) is 39.5. The first-order valence-electron chi connectivity index (χ1n) is 13.7. The molecule has 2 fully saturated rings. The average molecular weight is 540 g/mol. The van der Waals surface area contributed by atoms with Crippen molar-refractivity contribution in [2.45, 2.75) is 37.8 Å². The minimum atomic E-state index is -0.268. The molecule has 2 aromatic carbocycles. The number of nitrogens with zero attached hydrogens (tertiary/aromatic N) is 6. The maximum atomic E-state index is 13.9. The lowest BCUT2D eigenvalue weighted by atomic mass is 9.92. The monoisotopic (exact) mass is 539 g/mol. The molecule has 1 saturated heterocycles. The smallest absolute Gasteiger partial charge is 0.335 e. The van der Waals surface area contributed by atoms with Crippen LogP contribution in [0, 0.1) is 0 Å². The summed E-state index contributed by atoms with van der Waals surface area (Å²) in [6.45, 7) is 1.75. The molecule has 0 radical (unpaired) electrons. The van der Waals surface area contributed by atoms with Crippen LogP contribution in [0.1, 0.15) is 31.7 Å². The van der Waals surface area contributed by atoms with Gasteiger partial charge in [0.05, 0.1) is 11.7 Å². The van der Waals surface area contributed by atoms with Crippen LogP contribution in [-0.4, -0.2) is 67.5 Å². The summed E-state index contributed by atoms with van der Waals surface area (Å²) in [6, 6.07) is 17.1. The lowest BCUT2D eigenvalue weighted by molar-refractivity contribution is -0.125. The third-order valence-corrected chi connectivity index (χ3v) is 7.95. The average Bonchev–Trinajstić information content (AvgIpc) is 3.52. The van der Waals surface area contributed by atoms with Gasteiger partial charge < -0.3 is 15.4 Å². The van der Waals surface area contributed by atoms with Gasteiger partial charge in [-0.2, -0.15) is 0 Å². The Labute approximate surface area is 232 Å². The Balaban J connectivity index is 1.23. The number of imidazole rings is 1. The van der Waals surface area contributed by atoms with Crippen molar-refractivity contribution in [1.29, 1.82) is 0 Å². The molecule has 0 unspecified atom stereocenters. The molecule has 6 rings (SSSR count). The predicted molar refractivity (Wildman–Crippen MR) is 154 cm³/mol. The van der Waals surface area contributed by atoms with Gasteiger partial charge in [0.1, 0.15) is 23.3 Å². The van der Waals surface area contributed by atoms with E-state index in [1.165, 1.54) is 30.2 Å². The lowest BCUT2D eigenvalue weighted by Gasteiger charge is -2.33. The van der Waals surface area contributed by atoms with Gasteiger partial charge in [0, 0.05) is 31.8 Å². The number of hydrogen-bond acceptors (Lipinski definition) is 7. The highest BCUT2D eigenvalue weighted by Gasteiger charge is 2.31.